The van der Waals surface area contributed by atoms with Gasteiger partial charge < -0.3 is 14.7 Å². The van der Waals surface area contributed by atoms with E-state index in [0.29, 0.717) is 30.0 Å². The van der Waals surface area contributed by atoms with Crippen LogP contribution < -0.4 is 9.64 Å². The van der Waals surface area contributed by atoms with Gasteiger partial charge in [-0.3, -0.25) is 9.88 Å². The van der Waals surface area contributed by atoms with E-state index in [4.69, 9.17) is 4.74 Å². The number of piperazine rings is 1. The number of methoxy groups -OCH3 is 1. The van der Waals surface area contributed by atoms with Crippen molar-refractivity contribution in [2.24, 2.45) is 0 Å². The van der Waals surface area contributed by atoms with Crippen molar-refractivity contribution < 1.29 is 14.2 Å². The van der Waals surface area contributed by atoms with Crippen LogP contribution in [0.2, 0.25) is 0 Å². The standard InChI is InChI=1S/C24H26FN3O2/c1-30-19-7-4-6-18(16-19)17-27-12-14-28(15-13-27)23-20(8-5-9-21(23)25)24(29)22-10-2-3-11-26-22/h2-11,16,24,29H,12-15,17H2,1H3/t24-/m0/s1. The summed E-state index contributed by atoms with van der Waals surface area (Å²) in [5.41, 5.74) is 2.73. The van der Waals surface area contributed by atoms with Gasteiger partial charge in [0.2, 0.25) is 0 Å². The monoisotopic (exact) mass is 407 g/mol. The maximum Gasteiger partial charge on any atom is 0.146 e. The van der Waals surface area contributed by atoms with E-state index in [9.17, 15) is 9.50 Å². The first-order valence-electron chi connectivity index (χ1n) is 10.1. The van der Waals surface area contributed by atoms with Crippen molar-refractivity contribution in [3.63, 3.8) is 0 Å². The van der Waals surface area contributed by atoms with Crippen molar-refractivity contribution >= 4 is 5.69 Å². The van der Waals surface area contributed by atoms with Crippen LogP contribution in [0.4, 0.5) is 10.1 Å². The van der Waals surface area contributed by atoms with Gasteiger partial charge >= 0.3 is 0 Å². The molecule has 4 rings (SSSR count). The molecule has 30 heavy (non-hydrogen) atoms. The van der Waals surface area contributed by atoms with E-state index in [1.165, 1.54) is 11.6 Å². The van der Waals surface area contributed by atoms with Gasteiger partial charge in [-0.2, -0.15) is 0 Å². The third-order valence-electron chi connectivity index (χ3n) is 5.51. The molecule has 156 valence electrons. The molecule has 3 aromatic rings. The van der Waals surface area contributed by atoms with Gasteiger partial charge in [0.25, 0.3) is 0 Å². The second-order valence-electron chi connectivity index (χ2n) is 7.45. The summed E-state index contributed by atoms with van der Waals surface area (Å²) in [7, 11) is 1.67. The minimum absolute atomic E-state index is 0.316. The Kier molecular flexibility index (Phi) is 6.26. The number of benzene rings is 2. The van der Waals surface area contributed by atoms with Crippen LogP contribution in [0, 0.1) is 5.82 Å². The number of hydrogen-bond acceptors (Lipinski definition) is 5. The van der Waals surface area contributed by atoms with Crippen LogP contribution in [0.15, 0.2) is 66.9 Å². The molecule has 6 heteroatoms. The molecule has 0 saturated carbocycles. The maximum absolute atomic E-state index is 14.8. The van der Waals surface area contributed by atoms with E-state index in [1.807, 2.05) is 29.2 Å². The first-order valence-corrected chi connectivity index (χ1v) is 10.1. The number of halogens is 1. The lowest BCUT2D eigenvalue weighted by molar-refractivity contribution is 0.213. The highest BCUT2D eigenvalue weighted by molar-refractivity contribution is 5.57. The fourth-order valence-corrected chi connectivity index (χ4v) is 3.94. The van der Waals surface area contributed by atoms with Gasteiger partial charge in [0.1, 0.15) is 17.7 Å². The normalized spacial score (nSPS) is 15.8. The average Bonchev–Trinajstić information content (AvgIpc) is 2.80. The summed E-state index contributed by atoms with van der Waals surface area (Å²) in [5.74, 6) is 0.536. The zero-order chi connectivity index (χ0) is 20.9. The molecule has 1 saturated heterocycles. The first-order chi connectivity index (χ1) is 14.7. The molecule has 1 aromatic heterocycles. The van der Waals surface area contributed by atoms with Crippen molar-refractivity contribution in [3.8, 4) is 5.75 Å². The number of aromatic nitrogens is 1. The van der Waals surface area contributed by atoms with Gasteiger partial charge in [0.05, 0.1) is 18.5 Å². The third-order valence-corrected chi connectivity index (χ3v) is 5.51. The Morgan fingerprint density at radius 2 is 1.83 bits per heavy atom. The number of nitrogens with zero attached hydrogens (tertiary/aromatic N) is 3. The molecule has 0 bridgehead atoms. The second kappa shape index (κ2) is 9.24. The number of para-hydroxylation sites is 1. The Balaban J connectivity index is 1.48. The van der Waals surface area contributed by atoms with Crippen molar-refractivity contribution in [1.82, 2.24) is 9.88 Å². The Morgan fingerprint density at radius 1 is 1.03 bits per heavy atom. The highest BCUT2D eigenvalue weighted by Crippen LogP contribution is 2.33. The van der Waals surface area contributed by atoms with Gasteiger partial charge in [-0.1, -0.05) is 30.3 Å². The molecule has 1 N–H and O–H groups in total. The fraction of sp³-hybridized carbons (Fsp3) is 0.292. The highest BCUT2D eigenvalue weighted by atomic mass is 19.1. The van der Waals surface area contributed by atoms with Crippen LogP contribution in [0.25, 0.3) is 0 Å². The van der Waals surface area contributed by atoms with Crippen LogP contribution >= 0.6 is 0 Å². The number of hydrogen-bond donors (Lipinski definition) is 1. The molecular weight excluding hydrogens is 381 g/mol. The zero-order valence-corrected chi connectivity index (χ0v) is 17.0. The summed E-state index contributed by atoms with van der Waals surface area (Å²) in [4.78, 5) is 8.61. The SMILES string of the molecule is COc1cccc(CN2CCN(c3c(F)cccc3[C@H](O)c3ccccn3)CC2)c1. The van der Waals surface area contributed by atoms with Gasteiger partial charge in [-0.15, -0.1) is 0 Å². The highest BCUT2D eigenvalue weighted by Gasteiger charge is 2.25. The van der Waals surface area contributed by atoms with E-state index < -0.39 is 6.10 Å². The van der Waals surface area contributed by atoms with Crippen molar-refractivity contribution in [3.05, 3.63) is 89.5 Å². The van der Waals surface area contributed by atoms with Crippen molar-refractivity contribution in [2.75, 3.05) is 38.2 Å². The van der Waals surface area contributed by atoms with Crippen molar-refractivity contribution in [1.29, 1.82) is 0 Å². The minimum atomic E-state index is -0.966. The quantitative estimate of drug-likeness (QED) is 0.676. The smallest absolute Gasteiger partial charge is 0.146 e. The topological polar surface area (TPSA) is 48.8 Å². The van der Waals surface area contributed by atoms with E-state index in [-0.39, 0.29) is 5.82 Å². The molecule has 1 aliphatic rings. The van der Waals surface area contributed by atoms with E-state index in [2.05, 4.69) is 16.0 Å². The minimum Gasteiger partial charge on any atom is -0.497 e. The number of ether oxygens (including phenoxy) is 1. The summed E-state index contributed by atoms with van der Waals surface area (Å²) in [5, 5.41) is 10.8. The van der Waals surface area contributed by atoms with E-state index in [0.717, 1.165) is 25.4 Å². The lowest BCUT2D eigenvalue weighted by atomic mass is 10.0. The van der Waals surface area contributed by atoms with Gasteiger partial charge in [0, 0.05) is 44.5 Å². The number of aliphatic hydroxyl groups excluding tert-OH is 1. The summed E-state index contributed by atoms with van der Waals surface area (Å²) in [6.07, 6.45) is 0.668. The van der Waals surface area contributed by atoms with Crippen LogP contribution in [0.1, 0.15) is 22.9 Å². The molecule has 2 aromatic carbocycles. The van der Waals surface area contributed by atoms with E-state index in [1.54, 1.807) is 37.6 Å². The Morgan fingerprint density at radius 3 is 2.57 bits per heavy atom. The molecular formula is C24H26FN3O2. The van der Waals surface area contributed by atoms with Crippen molar-refractivity contribution in [2.45, 2.75) is 12.6 Å². The number of aliphatic hydroxyl groups is 1. The molecule has 0 radical (unpaired) electrons. The number of anilines is 1. The van der Waals surface area contributed by atoms with Gasteiger partial charge in [-0.25, -0.2) is 4.39 Å². The summed E-state index contributed by atoms with van der Waals surface area (Å²) < 4.78 is 20.1. The first kappa shape index (κ1) is 20.3. The van der Waals surface area contributed by atoms with E-state index >= 15 is 0 Å². The fourth-order valence-electron chi connectivity index (χ4n) is 3.94. The average molecular weight is 407 g/mol. The van der Waals surface area contributed by atoms with Gasteiger partial charge in [-0.05, 0) is 35.9 Å². The van der Waals surface area contributed by atoms with Crippen LogP contribution in [0.5, 0.6) is 5.75 Å². The summed E-state index contributed by atoms with van der Waals surface area (Å²) in [6, 6.07) is 18.3. The van der Waals surface area contributed by atoms with Crippen LogP contribution in [-0.2, 0) is 6.54 Å². The van der Waals surface area contributed by atoms with Crippen LogP contribution in [0.3, 0.4) is 0 Å². The number of rotatable bonds is 6. The zero-order valence-electron chi connectivity index (χ0n) is 17.0. The molecule has 0 spiro atoms. The molecule has 5 nitrogen and oxygen atoms in total. The lowest BCUT2D eigenvalue weighted by Crippen LogP contribution is -2.46. The summed E-state index contributed by atoms with van der Waals surface area (Å²) >= 11 is 0. The van der Waals surface area contributed by atoms with Gasteiger partial charge in [0.15, 0.2) is 0 Å². The predicted octanol–water partition coefficient (Wildman–Crippen LogP) is 3.63. The Hall–Kier alpha value is -2.96. The molecule has 1 fully saturated rings. The molecule has 0 amide bonds. The molecule has 1 atom stereocenters. The Bertz CT molecular complexity index is 975. The predicted molar refractivity (Wildman–Crippen MR) is 115 cm³/mol. The number of pyridine rings is 1. The molecule has 0 aliphatic carbocycles. The second-order valence-corrected chi connectivity index (χ2v) is 7.45. The molecule has 1 aliphatic heterocycles. The molecule has 0 unspecified atom stereocenters. The maximum atomic E-state index is 14.8. The lowest BCUT2D eigenvalue weighted by Gasteiger charge is -2.37. The third kappa shape index (κ3) is 4.45. The van der Waals surface area contributed by atoms with Crippen LogP contribution in [-0.4, -0.2) is 48.3 Å². The Labute approximate surface area is 176 Å². The largest absolute Gasteiger partial charge is 0.497 e. The molecule has 2 heterocycles. The summed E-state index contributed by atoms with van der Waals surface area (Å²) in [6.45, 7) is 3.82.